The summed E-state index contributed by atoms with van der Waals surface area (Å²) in [6.45, 7) is 5.74. The van der Waals surface area contributed by atoms with Gasteiger partial charge in [-0.15, -0.1) is 0 Å². The Morgan fingerprint density at radius 1 is 1.33 bits per heavy atom. The highest BCUT2D eigenvalue weighted by molar-refractivity contribution is 5.77. The number of rotatable bonds is 3. The van der Waals surface area contributed by atoms with E-state index in [0.29, 0.717) is 13.1 Å². The first-order valence-electron chi connectivity index (χ1n) is 7.45. The fourth-order valence-electron chi connectivity index (χ4n) is 2.72. The van der Waals surface area contributed by atoms with Crippen LogP contribution in [0.15, 0.2) is 0 Å². The lowest BCUT2D eigenvalue weighted by atomic mass is 9.80. The molecule has 0 aromatic rings. The molecule has 0 spiro atoms. The van der Waals surface area contributed by atoms with E-state index in [1.54, 1.807) is 0 Å². The standard InChI is InChI=1S/C14H25N3O4/c1-14(3-5-16(2)6-4-14)10-15-13(20)17-7-8-21-11(9-17)12(18)19/h11H,3-10H2,1-2H3,(H,15,20)(H,18,19). The zero-order chi connectivity index (χ0) is 15.5. The van der Waals surface area contributed by atoms with E-state index in [0.717, 1.165) is 25.9 Å². The maximum Gasteiger partial charge on any atom is 0.334 e. The molecule has 21 heavy (non-hydrogen) atoms. The molecule has 1 atom stereocenters. The average Bonchev–Trinajstić information content (AvgIpc) is 2.48. The van der Waals surface area contributed by atoms with Gasteiger partial charge in [0.1, 0.15) is 0 Å². The monoisotopic (exact) mass is 299 g/mol. The summed E-state index contributed by atoms with van der Waals surface area (Å²) in [4.78, 5) is 26.9. The highest BCUT2D eigenvalue weighted by Gasteiger charge is 2.32. The van der Waals surface area contributed by atoms with Gasteiger partial charge in [0.05, 0.1) is 13.2 Å². The lowest BCUT2D eigenvalue weighted by molar-refractivity contribution is -0.154. The van der Waals surface area contributed by atoms with Gasteiger partial charge < -0.3 is 25.0 Å². The Hall–Kier alpha value is -1.34. The topological polar surface area (TPSA) is 82.1 Å². The van der Waals surface area contributed by atoms with E-state index in [-0.39, 0.29) is 24.6 Å². The molecular weight excluding hydrogens is 274 g/mol. The molecule has 7 nitrogen and oxygen atoms in total. The van der Waals surface area contributed by atoms with Crippen LogP contribution in [0, 0.1) is 5.41 Å². The second-order valence-corrected chi connectivity index (χ2v) is 6.42. The SMILES string of the molecule is CN1CCC(C)(CNC(=O)N2CCOC(C(=O)O)C2)CC1. The van der Waals surface area contributed by atoms with Crippen LogP contribution >= 0.6 is 0 Å². The largest absolute Gasteiger partial charge is 0.479 e. The first-order valence-corrected chi connectivity index (χ1v) is 7.45. The summed E-state index contributed by atoms with van der Waals surface area (Å²) in [5, 5.41) is 11.9. The minimum Gasteiger partial charge on any atom is -0.479 e. The Kier molecular flexibility index (Phi) is 5.05. The number of hydrogen-bond acceptors (Lipinski definition) is 4. The number of hydrogen-bond donors (Lipinski definition) is 2. The van der Waals surface area contributed by atoms with Crippen LogP contribution in [0.1, 0.15) is 19.8 Å². The highest BCUT2D eigenvalue weighted by atomic mass is 16.5. The Labute approximate surface area is 125 Å². The van der Waals surface area contributed by atoms with Gasteiger partial charge in [-0.2, -0.15) is 0 Å². The first kappa shape index (κ1) is 16.0. The molecule has 2 saturated heterocycles. The first-order chi connectivity index (χ1) is 9.89. The van der Waals surface area contributed by atoms with Gasteiger partial charge in [0, 0.05) is 13.1 Å². The van der Waals surface area contributed by atoms with Crippen molar-refractivity contribution in [2.45, 2.75) is 25.9 Å². The number of amides is 2. The fraction of sp³-hybridized carbons (Fsp3) is 0.857. The Bertz CT molecular complexity index is 394. The summed E-state index contributed by atoms with van der Waals surface area (Å²) >= 11 is 0. The molecule has 2 fully saturated rings. The number of ether oxygens (including phenoxy) is 1. The fourth-order valence-corrected chi connectivity index (χ4v) is 2.72. The summed E-state index contributed by atoms with van der Waals surface area (Å²) in [7, 11) is 2.11. The van der Waals surface area contributed by atoms with Crippen LogP contribution < -0.4 is 5.32 Å². The van der Waals surface area contributed by atoms with E-state index in [1.165, 1.54) is 4.90 Å². The Morgan fingerprint density at radius 2 is 2.00 bits per heavy atom. The maximum absolute atomic E-state index is 12.2. The summed E-state index contributed by atoms with van der Waals surface area (Å²) in [6, 6.07) is -0.190. The number of nitrogens with zero attached hydrogens (tertiary/aromatic N) is 2. The number of carbonyl (C=O) groups is 2. The number of carboxylic acids is 1. The van der Waals surface area contributed by atoms with Gasteiger partial charge in [-0.1, -0.05) is 6.92 Å². The third-order valence-electron chi connectivity index (χ3n) is 4.49. The molecule has 2 aliphatic rings. The van der Waals surface area contributed by atoms with Crippen molar-refractivity contribution in [3.8, 4) is 0 Å². The van der Waals surface area contributed by atoms with E-state index in [9.17, 15) is 9.59 Å². The summed E-state index contributed by atoms with van der Waals surface area (Å²) < 4.78 is 5.12. The predicted octanol–water partition coefficient (Wildman–Crippen LogP) is 0.213. The molecule has 2 aliphatic heterocycles. The van der Waals surface area contributed by atoms with Crippen molar-refractivity contribution in [2.75, 3.05) is 46.4 Å². The quantitative estimate of drug-likeness (QED) is 0.779. The van der Waals surface area contributed by atoms with Gasteiger partial charge in [0.2, 0.25) is 0 Å². The van der Waals surface area contributed by atoms with Crippen LogP contribution in [-0.4, -0.2) is 79.4 Å². The third kappa shape index (κ3) is 4.31. The van der Waals surface area contributed by atoms with Crippen LogP contribution in [0.4, 0.5) is 4.79 Å². The lowest BCUT2D eigenvalue weighted by Gasteiger charge is -2.39. The van der Waals surface area contributed by atoms with E-state index in [4.69, 9.17) is 9.84 Å². The molecule has 0 aliphatic carbocycles. The van der Waals surface area contributed by atoms with E-state index in [2.05, 4.69) is 24.2 Å². The zero-order valence-corrected chi connectivity index (χ0v) is 12.8. The molecule has 1 unspecified atom stereocenters. The van der Waals surface area contributed by atoms with Gasteiger partial charge in [0.15, 0.2) is 6.10 Å². The molecule has 0 aromatic carbocycles. The number of piperidine rings is 1. The van der Waals surface area contributed by atoms with Crippen molar-refractivity contribution in [1.82, 2.24) is 15.1 Å². The smallest absolute Gasteiger partial charge is 0.334 e. The predicted molar refractivity (Wildman–Crippen MR) is 77.2 cm³/mol. The Balaban J connectivity index is 1.80. The molecule has 0 saturated carbocycles. The maximum atomic E-state index is 12.2. The van der Waals surface area contributed by atoms with Gasteiger partial charge in [-0.25, -0.2) is 9.59 Å². The number of carbonyl (C=O) groups excluding carboxylic acids is 1. The zero-order valence-electron chi connectivity index (χ0n) is 12.8. The third-order valence-corrected chi connectivity index (χ3v) is 4.49. The number of urea groups is 1. The minimum atomic E-state index is -1.02. The summed E-state index contributed by atoms with van der Waals surface area (Å²) in [5.74, 6) is -1.02. The molecule has 7 heteroatoms. The van der Waals surface area contributed by atoms with Gasteiger partial charge >= 0.3 is 12.0 Å². The van der Waals surface area contributed by atoms with Crippen molar-refractivity contribution < 1.29 is 19.4 Å². The number of carboxylic acid groups (broad SMARTS) is 1. The van der Waals surface area contributed by atoms with Crippen molar-refractivity contribution in [3.63, 3.8) is 0 Å². The molecule has 2 heterocycles. The Morgan fingerprint density at radius 3 is 2.62 bits per heavy atom. The van der Waals surface area contributed by atoms with Crippen LogP contribution in [0.5, 0.6) is 0 Å². The number of nitrogens with one attached hydrogen (secondary N) is 1. The molecule has 0 radical (unpaired) electrons. The lowest BCUT2D eigenvalue weighted by Crippen LogP contribution is -2.53. The second kappa shape index (κ2) is 6.62. The molecule has 2 N–H and O–H groups in total. The van der Waals surface area contributed by atoms with Gasteiger partial charge in [-0.3, -0.25) is 0 Å². The molecule has 2 amide bonds. The van der Waals surface area contributed by atoms with Gasteiger partial charge in [-0.05, 0) is 38.4 Å². The molecule has 0 aromatic heterocycles. The highest BCUT2D eigenvalue weighted by Crippen LogP contribution is 2.29. The van der Waals surface area contributed by atoms with Crippen LogP contribution in [-0.2, 0) is 9.53 Å². The molecule has 120 valence electrons. The molecular formula is C14H25N3O4. The van der Waals surface area contributed by atoms with Crippen LogP contribution in [0.2, 0.25) is 0 Å². The average molecular weight is 299 g/mol. The van der Waals surface area contributed by atoms with Crippen molar-refractivity contribution in [1.29, 1.82) is 0 Å². The van der Waals surface area contributed by atoms with E-state index in [1.807, 2.05) is 0 Å². The van der Waals surface area contributed by atoms with Crippen LogP contribution in [0.25, 0.3) is 0 Å². The second-order valence-electron chi connectivity index (χ2n) is 6.42. The summed E-state index contributed by atoms with van der Waals surface area (Å²) in [6.07, 6.45) is 1.21. The van der Waals surface area contributed by atoms with Crippen molar-refractivity contribution in [2.24, 2.45) is 5.41 Å². The number of likely N-dealkylation sites (tertiary alicyclic amines) is 1. The number of aliphatic carboxylic acids is 1. The molecule has 2 rings (SSSR count). The van der Waals surface area contributed by atoms with E-state index < -0.39 is 12.1 Å². The normalized spacial score (nSPS) is 26.4. The number of morpholine rings is 1. The van der Waals surface area contributed by atoms with Crippen molar-refractivity contribution in [3.05, 3.63) is 0 Å². The van der Waals surface area contributed by atoms with E-state index >= 15 is 0 Å². The molecule has 0 bridgehead atoms. The van der Waals surface area contributed by atoms with Crippen LogP contribution in [0.3, 0.4) is 0 Å². The minimum absolute atomic E-state index is 0.112. The van der Waals surface area contributed by atoms with Crippen molar-refractivity contribution >= 4 is 12.0 Å². The van der Waals surface area contributed by atoms with Gasteiger partial charge in [0.25, 0.3) is 0 Å². The summed E-state index contributed by atoms with van der Waals surface area (Å²) in [5.41, 5.74) is 0.126.